The van der Waals surface area contributed by atoms with Gasteiger partial charge >= 0.3 is 0 Å². The number of amides is 1. The number of rotatable bonds is 4. The first kappa shape index (κ1) is 16.0. The van der Waals surface area contributed by atoms with Crippen LogP contribution in [0.15, 0.2) is 18.2 Å². The van der Waals surface area contributed by atoms with Crippen LogP contribution in [0.2, 0.25) is 5.02 Å². The minimum Gasteiger partial charge on any atom is -0.506 e. The first-order chi connectivity index (χ1) is 7.54. The van der Waals surface area contributed by atoms with Gasteiger partial charge in [-0.25, -0.2) is 0 Å². The molecule has 0 saturated carbocycles. The summed E-state index contributed by atoms with van der Waals surface area (Å²) in [5, 5.41) is 12.3. The molecular weight excluding hydrogens is 267 g/mol. The number of aromatic hydroxyl groups is 1. The fourth-order valence-corrected chi connectivity index (χ4v) is 1.26. The maximum absolute atomic E-state index is 11.5. The molecule has 0 saturated heterocycles. The van der Waals surface area contributed by atoms with Crippen molar-refractivity contribution in [2.75, 3.05) is 19.0 Å². The summed E-state index contributed by atoms with van der Waals surface area (Å²) in [6.07, 6.45) is 0. The minimum absolute atomic E-state index is 0. The summed E-state index contributed by atoms with van der Waals surface area (Å²) in [6.45, 7) is 0.104. The van der Waals surface area contributed by atoms with E-state index in [1.165, 1.54) is 25.3 Å². The van der Waals surface area contributed by atoms with Gasteiger partial charge in [-0.15, -0.1) is 12.4 Å². The lowest BCUT2D eigenvalue weighted by molar-refractivity contribution is -0.118. The van der Waals surface area contributed by atoms with Crippen LogP contribution in [0.1, 0.15) is 0 Å². The zero-order valence-electron chi connectivity index (χ0n) is 9.14. The normalized spacial score (nSPS) is 11.5. The lowest BCUT2D eigenvalue weighted by Gasteiger charge is -2.12. The molecule has 96 valence electrons. The second-order valence-corrected chi connectivity index (χ2v) is 3.65. The van der Waals surface area contributed by atoms with E-state index in [-0.39, 0.29) is 30.5 Å². The molecule has 0 spiro atoms. The number of phenols is 1. The maximum Gasteiger partial charge on any atom is 0.243 e. The van der Waals surface area contributed by atoms with Gasteiger partial charge < -0.3 is 20.9 Å². The molecule has 0 aliphatic rings. The van der Waals surface area contributed by atoms with Crippen LogP contribution in [0.4, 0.5) is 5.69 Å². The van der Waals surface area contributed by atoms with Crippen LogP contribution in [0.5, 0.6) is 5.75 Å². The molecule has 0 heterocycles. The molecule has 0 radical (unpaired) electrons. The second kappa shape index (κ2) is 7.34. The standard InChI is InChI=1S/C10H13ClN2O3.ClH/c1-16-5-7(12)10(15)13-8-4-6(11)2-3-9(8)14;/h2-4,7,14H,5,12H2,1H3,(H,13,15);1H. The highest BCUT2D eigenvalue weighted by atomic mass is 35.5. The Labute approximate surface area is 110 Å². The Morgan fingerprint density at radius 3 is 2.88 bits per heavy atom. The van der Waals surface area contributed by atoms with E-state index in [9.17, 15) is 9.90 Å². The Kier molecular flexibility index (Phi) is 6.91. The van der Waals surface area contributed by atoms with Crippen molar-refractivity contribution in [1.29, 1.82) is 0 Å². The van der Waals surface area contributed by atoms with Crippen molar-refractivity contribution >= 4 is 35.6 Å². The van der Waals surface area contributed by atoms with Crippen LogP contribution in [-0.4, -0.2) is 30.8 Å². The van der Waals surface area contributed by atoms with Gasteiger partial charge in [0.1, 0.15) is 11.8 Å². The number of carbonyl (C=O) groups excluding carboxylic acids is 1. The van der Waals surface area contributed by atoms with Gasteiger partial charge in [0.05, 0.1) is 12.3 Å². The minimum atomic E-state index is -0.789. The smallest absolute Gasteiger partial charge is 0.243 e. The van der Waals surface area contributed by atoms with Gasteiger partial charge in [-0.05, 0) is 18.2 Å². The average molecular weight is 281 g/mol. The van der Waals surface area contributed by atoms with Crippen molar-refractivity contribution in [3.8, 4) is 5.75 Å². The summed E-state index contributed by atoms with van der Waals surface area (Å²) in [6, 6.07) is 3.55. The van der Waals surface area contributed by atoms with E-state index in [1.807, 2.05) is 0 Å². The van der Waals surface area contributed by atoms with Crippen molar-refractivity contribution in [2.45, 2.75) is 6.04 Å². The van der Waals surface area contributed by atoms with E-state index in [1.54, 1.807) is 0 Å². The van der Waals surface area contributed by atoms with Gasteiger partial charge in [-0.3, -0.25) is 4.79 Å². The first-order valence-corrected chi connectivity index (χ1v) is 4.96. The number of carbonyl (C=O) groups is 1. The number of hydrogen-bond acceptors (Lipinski definition) is 4. The third-order valence-electron chi connectivity index (χ3n) is 1.90. The fraction of sp³-hybridized carbons (Fsp3) is 0.300. The van der Waals surface area contributed by atoms with E-state index >= 15 is 0 Å². The van der Waals surface area contributed by atoms with Crippen LogP contribution < -0.4 is 11.1 Å². The van der Waals surface area contributed by atoms with Crippen molar-refractivity contribution in [2.24, 2.45) is 5.73 Å². The fourth-order valence-electron chi connectivity index (χ4n) is 1.09. The number of nitrogens with one attached hydrogen (secondary N) is 1. The molecule has 0 aliphatic heterocycles. The summed E-state index contributed by atoms with van der Waals surface area (Å²) in [7, 11) is 1.45. The highest BCUT2D eigenvalue weighted by Gasteiger charge is 2.14. The zero-order valence-corrected chi connectivity index (χ0v) is 10.7. The monoisotopic (exact) mass is 280 g/mol. The van der Waals surface area contributed by atoms with E-state index in [4.69, 9.17) is 22.1 Å². The number of phenolic OH excluding ortho intramolecular Hbond substituents is 1. The third kappa shape index (κ3) is 4.79. The van der Waals surface area contributed by atoms with Gasteiger partial charge in [0.2, 0.25) is 5.91 Å². The van der Waals surface area contributed by atoms with Crippen LogP contribution in [0.3, 0.4) is 0 Å². The van der Waals surface area contributed by atoms with E-state index in [0.29, 0.717) is 5.02 Å². The molecular formula is C10H14Cl2N2O3. The Morgan fingerprint density at radius 2 is 2.29 bits per heavy atom. The Morgan fingerprint density at radius 1 is 1.65 bits per heavy atom. The quantitative estimate of drug-likeness (QED) is 0.728. The molecule has 5 nitrogen and oxygen atoms in total. The topological polar surface area (TPSA) is 84.6 Å². The number of benzene rings is 1. The van der Waals surface area contributed by atoms with Crippen LogP contribution >= 0.6 is 24.0 Å². The summed E-state index contributed by atoms with van der Waals surface area (Å²) in [5.41, 5.74) is 5.74. The predicted octanol–water partition coefficient (Wildman–Crippen LogP) is 1.38. The Balaban J connectivity index is 0.00000256. The Bertz CT molecular complexity index is 388. The number of ether oxygens (including phenoxy) is 1. The number of methoxy groups -OCH3 is 1. The molecule has 1 atom stereocenters. The Hall–Kier alpha value is -1.01. The van der Waals surface area contributed by atoms with Crippen LogP contribution in [0.25, 0.3) is 0 Å². The van der Waals surface area contributed by atoms with E-state index in [2.05, 4.69) is 5.32 Å². The van der Waals surface area contributed by atoms with Crippen LogP contribution in [0, 0.1) is 0 Å². The number of nitrogens with two attached hydrogens (primary N) is 1. The molecule has 1 amide bonds. The molecule has 1 aromatic carbocycles. The average Bonchev–Trinajstić information content (AvgIpc) is 2.23. The van der Waals surface area contributed by atoms with Crippen LogP contribution in [-0.2, 0) is 9.53 Å². The molecule has 0 aromatic heterocycles. The summed E-state index contributed by atoms with van der Waals surface area (Å²) in [4.78, 5) is 11.5. The highest BCUT2D eigenvalue weighted by Crippen LogP contribution is 2.26. The summed E-state index contributed by atoms with van der Waals surface area (Å²) < 4.78 is 4.74. The van der Waals surface area contributed by atoms with Crippen molar-refractivity contribution < 1.29 is 14.6 Å². The lowest BCUT2D eigenvalue weighted by atomic mass is 10.2. The lowest BCUT2D eigenvalue weighted by Crippen LogP contribution is -2.39. The van der Waals surface area contributed by atoms with Crippen molar-refractivity contribution in [3.63, 3.8) is 0 Å². The largest absolute Gasteiger partial charge is 0.506 e. The predicted molar refractivity (Wildman–Crippen MR) is 68.8 cm³/mol. The molecule has 0 fully saturated rings. The summed E-state index contributed by atoms with van der Waals surface area (Å²) >= 11 is 5.72. The molecule has 4 N–H and O–H groups in total. The van der Waals surface area contributed by atoms with Gasteiger partial charge in [-0.2, -0.15) is 0 Å². The maximum atomic E-state index is 11.5. The van der Waals surface area contributed by atoms with Gasteiger partial charge in [-0.1, -0.05) is 11.6 Å². The SMILES string of the molecule is COCC(N)C(=O)Nc1cc(Cl)ccc1O.Cl. The first-order valence-electron chi connectivity index (χ1n) is 4.58. The molecule has 17 heavy (non-hydrogen) atoms. The second-order valence-electron chi connectivity index (χ2n) is 3.21. The van der Waals surface area contributed by atoms with E-state index < -0.39 is 11.9 Å². The molecule has 7 heteroatoms. The highest BCUT2D eigenvalue weighted by molar-refractivity contribution is 6.31. The molecule has 1 unspecified atom stereocenters. The van der Waals surface area contributed by atoms with Crippen molar-refractivity contribution in [3.05, 3.63) is 23.2 Å². The van der Waals surface area contributed by atoms with E-state index in [0.717, 1.165) is 0 Å². The number of anilines is 1. The summed E-state index contributed by atoms with van der Waals surface area (Å²) in [5.74, 6) is -0.512. The molecule has 0 bridgehead atoms. The third-order valence-corrected chi connectivity index (χ3v) is 2.13. The van der Waals surface area contributed by atoms with Gasteiger partial charge in [0, 0.05) is 12.1 Å². The van der Waals surface area contributed by atoms with Gasteiger partial charge in [0.15, 0.2) is 0 Å². The van der Waals surface area contributed by atoms with Gasteiger partial charge in [0.25, 0.3) is 0 Å². The van der Waals surface area contributed by atoms with Crippen molar-refractivity contribution in [1.82, 2.24) is 0 Å². The molecule has 0 aliphatic carbocycles. The molecule has 1 rings (SSSR count). The number of halogens is 2. The number of hydrogen-bond donors (Lipinski definition) is 3. The zero-order chi connectivity index (χ0) is 12.1. The molecule has 1 aromatic rings.